The highest BCUT2D eigenvalue weighted by atomic mass is 32.2. The summed E-state index contributed by atoms with van der Waals surface area (Å²) in [7, 11) is -3.82. The van der Waals surface area contributed by atoms with Crippen LogP contribution in [0.3, 0.4) is 0 Å². The van der Waals surface area contributed by atoms with Crippen LogP contribution in [0.15, 0.2) is 11.2 Å². The topological polar surface area (TPSA) is 112 Å². The van der Waals surface area contributed by atoms with E-state index in [1.54, 1.807) is 0 Å². The molecule has 0 aliphatic heterocycles. The standard InChI is InChI=1S/C9H13N3O4S/c1-5-2-6(5)3-11-17(15,16)8-7(9(13)14)4-10-12-8/h4-6,11H,2-3H2,1H3,(H,10,12)(H,13,14). The third-order valence-corrected chi connectivity index (χ3v) is 4.31. The van der Waals surface area contributed by atoms with Crippen LogP contribution in [0.2, 0.25) is 0 Å². The van der Waals surface area contributed by atoms with E-state index in [0.29, 0.717) is 18.4 Å². The summed E-state index contributed by atoms with van der Waals surface area (Å²) in [6.07, 6.45) is 1.98. The molecule has 1 aromatic rings. The Kier molecular flexibility index (Phi) is 2.92. The Bertz CT molecular complexity index is 536. The summed E-state index contributed by atoms with van der Waals surface area (Å²) >= 11 is 0. The van der Waals surface area contributed by atoms with Crippen LogP contribution in [-0.4, -0.2) is 36.2 Å². The highest BCUT2D eigenvalue weighted by Gasteiger charge is 2.34. The minimum atomic E-state index is -3.82. The summed E-state index contributed by atoms with van der Waals surface area (Å²) in [5.74, 6) is -0.446. The Hall–Kier alpha value is -1.41. The van der Waals surface area contributed by atoms with Gasteiger partial charge in [-0.2, -0.15) is 5.10 Å². The number of hydrogen-bond donors (Lipinski definition) is 3. The van der Waals surface area contributed by atoms with Gasteiger partial charge in [-0.3, -0.25) is 5.10 Å². The van der Waals surface area contributed by atoms with Crippen molar-refractivity contribution in [2.75, 3.05) is 6.54 Å². The Labute approximate surface area is 98.3 Å². The van der Waals surface area contributed by atoms with Gasteiger partial charge in [-0.05, 0) is 18.3 Å². The van der Waals surface area contributed by atoms with E-state index in [1.807, 2.05) is 6.92 Å². The van der Waals surface area contributed by atoms with Crippen LogP contribution in [0, 0.1) is 11.8 Å². The first kappa shape index (κ1) is 12.1. The molecule has 1 aliphatic carbocycles. The fraction of sp³-hybridized carbons (Fsp3) is 0.556. The van der Waals surface area contributed by atoms with Gasteiger partial charge >= 0.3 is 5.97 Å². The molecular weight excluding hydrogens is 246 g/mol. The normalized spacial score (nSPS) is 23.6. The fourth-order valence-electron chi connectivity index (χ4n) is 1.60. The van der Waals surface area contributed by atoms with Gasteiger partial charge in [-0.15, -0.1) is 0 Å². The smallest absolute Gasteiger partial charge is 0.340 e. The van der Waals surface area contributed by atoms with Crippen LogP contribution < -0.4 is 4.72 Å². The summed E-state index contributed by atoms with van der Waals surface area (Å²) in [6.45, 7) is 2.37. The van der Waals surface area contributed by atoms with Crippen molar-refractivity contribution >= 4 is 16.0 Å². The number of H-pyrrole nitrogens is 1. The molecule has 8 heteroatoms. The molecule has 3 N–H and O–H groups in total. The Morgan fingerprint density at radius 2 is 2.35 bits per heavy atom. The first-order chi connectivity index (χ1) is 7.92. The quantitative estimate of drug-likeness (QED) is 0.691. The van der Waals surface area contributed by atoms with Gasteiger partial charge in [-0.1, -0.05) is 6.92 Å². The Morgan fingerprint density at radius 3 is 2.88 bits per heavy atom. The van der Waals surface area contributed by atoms with Gasteiger partial charge in [0.15, 0.2) is 5.03 Å². The third-order valence-electron chi connectivity index (χ3n) is 2.92. The van der Waals surface area contributed by atoms with Gasteiger partial charge in [0.2, 0.25) is 0 Å². The van der Waals surface area contributed by atoms with Crippen molar-refractivity contribution in [1.82, 2.24) is 14.9 Å². The number of hydrogen-bond acceptors (Lipinski definition) is 4. The van der Waals surface area contributed by atoms with Crippen LogP contribution in [0.25, 0.3) is 0 Å². The number of aromatic carboxylic acids is 1. The average molecular weight is 259 g/mol. The molecule has 1 aliphatic rings. The lowest BCUT2D eigenvalue weighted by molar-refractivity contribution is 0.0692. The zero-order valence-electron chi connectivity index (χ0n) is 9.17. The monoisotopic (exact) mass is 259 g/mol. The van der Waals surface area contributed by atoms with E-state index in [4.69, 9.17) is 5.11 Å². The highest BCUT2D eigenvalue weighted by Crippen LogP contribution is 2.37. The number of aromatic amines is 1. The number of nitrogens with zero attached hydrogens (tertiary/aromatic N) is 1. The molecule has 7 nitrogen and oxygen atoms in total. The van der Waals surface area contributed by atoms with Crippen molar-refractivity contribution in [3.05, 3.63) is 11.8 Å². The second-order valence-corrected chi connectivity index (χ2v) is 5.95. The van der Waals surface area contributed by atoms with Crippen LogP contribution in [0.4, 0.5) is 0 Å². The fourth-order valence-corrected chi connectivity index (χ4v) is 2.78. The summed E-state index contributed by atoms with van der Waals surface area (Å²) in [4.78, 5) is 10.8. The lowest BCUT2D eigenvalue weighted by Crippen LogP contribution is -2.27. The van der Waals surface area contributed by atoms with Crippen LogP contribution in [-0.2, 0) is 10.0 Å². The summed E-state index contributed by atoms with van der Waals surface area (Å²) in [5.41, 5.74) is -0.346. The van der Waals surface area contributed by atoms with Crippen molar-refractivity contribution in [2.24, 2.45) is 11.8 Å². The van der Waals surface area contributed by atoms with Crippen molar-refractivity contribution in [3.8, 4) is 0 Å². The third kappa shape index (κ3) is 2.47. The molecule has 2 unspecified atom stereocenters. The Morgan fingerprint density at radius 1 is 1.71 bits per heavy atom. The molecule has 0 bridgehead atoms. The number of carbonyl (C=O) groups is 1. The van der Waals surface area contributed by atoms with Crippen molar-refractivity contribution in [1.29, 1.82) is 0 Å². The van der Waals surface area contributed by atoms with Gasteiger partial charge in [0.05, 0.1) is 6.20 Å². The predicted molar refractivity (Wildman–Crippen MR) is 58.0 cm³/mol. The Balaban J connectivity index is 2.13. The molecule has 1 saturated carbocycles. The molecular formula is C9H13N3O4S. The molecule has 0 amide bonds. The molecule has 94 valence electrons. The first-order valence-electron chi connectivity index (χ1n) is 5.18. The second kappa shape index (κ2) is 4.11. The van der Waals surface area contributed by atoms with E-state index in [1.165, 1.54) is 0 Å². The minimum absolute atomic E-state index is 0.335. The van der Waals surface area contributed by atoms with Crippen molar-refractivity contribution < 1.29 is 18.3 Å². The van der Waals surface area contributed by atoms with Gasteiger partial charge < -0.3 is 5.11 Å². The minimum Gasteiger partial charge on any atom is -0.478 e. The molecule has 0 radical (unpaired) electrons. The number of aromatic nitrogens is 2. The maximum Gasteiger partial charge on any atom is 0.340 e. The molecule has 1 aromatic heterocycles. The molecule has 0 aromatic carbocycles. The summed E-state index contributed by atoms with van der Waals surface area (Å²) in [6, 6.07) is 0. The number of nitrogens with one attached hydrogen (secondary N) is 2. The maximum atomic E-state index is 11.8. The number of rotatable bonds is 5. The van der Waals surface area contributed by atoms with Crippen molar-refractivity contribution in [3.63, 3.8) is 0 Å². The number of carboxylic acids is 1. The van der Waals surface area contributed by atoms with Crippen molar-refractivity contribution in [2.45, 2.75) is 18.4 Å². The van der Waals surface area contributed by atoms with E-state index in [9.17, 15) is 13.2 Å². The van der Waals surface area contributed by atoms with E-state index < -0.39 is 21.0 Å². The molecule has 0 spiro atoms. The largest absolute Gasteiger partial charge is 0.478 e. The van der Waals surface area contributed by atoms with Crippen LogP contribution in [0.1, 0.15) is 23.7 Å². The lowest BCUT2D eigenvalue weighted by atomic mass is 10.3. The molecule has 2 rings (SSSR count). The van der Waals surface area contributed by atoms with E-state index in [-0.39, 0.29) is 5.56 Å². The van der Waals surface area contributed by atoms with Gasteiger partial charge in [-0.25, -0.2) is 17.9 Å². The second-order valence-electron chi connectivity index (χ2n) is 4.24. The van der Waals surface area contributed by atoms with Crippen LogP contribution >= 0.6 is 0 Å². The molecule has 1 heterocycles. The van der Waals surface area contributed by atoms with Gasteiger partial charge in [0, 0.05) is 6.54 Å². The molecule has 1 fully saturated rings. The van der Waals surface area contributed by atoms with Crippen LogP contribution in [0.5, 0.6) is 0 Å². The molecule has 2 atom stereocenters. The average Bonchev–Trinajstić information content (AvgIpc) is 2.78. The zero-order chi connectivity index (χ0) is 12.6. The summed E-state index contributed by atoms with van der Waals surface area (Å²) in [5, 5.41) is 14.1. The SMILES string of the molecule is CC1CC1CNS(=O)(=O)c1[nH]ncc1C(=O)O. The first-order valence-corrected chi connectivity index (χ1v) is 6.66. The number of carboxylic acid groups (broad SMARTS) is 1. The summed E-state index contributed by atoms with van der Waals surface area (Å²) < 4.78 is 26.0. The van der Waals surface area contributed by atoms with E-state index in [2.05, 4.69) is 14.9 Å². The lowest BCUT2D eigenvalue weighted by Gasteiger charge is -2.04. The van der Waals surface area contributed by atoms with E-state index in [0.717, 1.165) is 12.6 Å². The highest BCUT2D eigenvalue weighted by molar-refractivity contribution is 7.89. The van der Waals surface area contributed by atoms with Gasteiger partial charge in [0.1, 0.15) is 5.56 Å². The molecule has 0 saturated heterocycles. The number of sulfonamides is 1. The maximum absolute atomic E-state index is 11.8. The van der Waals surface area contributed by atoms with E-state index >= 15 is 0 Å². The molecule has 17 heavy (non-hydrogen) atoms. The zero-order valence-corrected chi connectivity index (χ0v) is 9.99. The predicted octanol–water partition coefficient (Wildman–Crippen LogP) is 0.0422. The van der Waals surface area contributed by atoms with Gasteiger partial charge in [0.25, 0.3) is 10.0 Å².